The van der Waals surface area contributed by atoms with Crippen molar-refractivity contribution < 1.29 is 0 Å². The maximum absolute atomic E-state index is 5.73. The average molecular weight is 240 g/mol. The Hall–Kier alpha value is -2.36. The first-order valence-corrected chi connectivity index (χ1v) is 5.78. The number of hydrogen-bond acceptors (Lipinski definition) is 4. The molecule has 1 aliphatic rings. The fraction of sp³-hybridized carbons (Fsp3) is 0.143. The zero-order valence-electron chi connectivity index (χ0n) is 10.3. The number of nitrogens with zero attached hydrogens (tertiary/aromatic N) is 2. The molecular weight excluding hydrogens is 224 g/mol. The van der Waals surface area contributed by atoms with Crippen LogP contribution in [0.15, 0.2) is 58.2 Å². The van der Waals surface area contributed by atoms with Gasteiger partial charge >= 0.3 is 0 Å². The van der Waals surface area contributed by atoms with Crippen LogP contribution in [0.5, 0.6) is 0 Å². The summed E-state index contributed by atoms with van der Waals surface area (Å²) in [5, 5.41) is 3.11. The van der Waals surface area contributed by atoms with Gasteiger partial charge in [0.1, 0.15) is 5.84 Å². The minimum absolute atomic E-state index is 0.600. The summed E-state index contributed by atoms with van der Waals surface area (Å²) in [5.41, 5.74) is 8.68. The zero-order chi connectivity index (χ0) is 12.8. The molecule has 0 fully saturated rings. The molecule has 1 aromatic rings. The first-order valence-electron chi connectivity index (χ1n) is 5.78. The lowest BCUT2D eigenvalue weighted by atomic mass is 10.2. The highest BCUT2D eigenvalue weighted by atomic mass is 14.9. The van der Waals surface area contributed by atoms with Gasteiger partial charge in [0.05, 0.1) is 11.4 Å². The van der Waals surface area contributed by atoms with E-state index in [0.29, 0.717) is 12.3 Å². The van der Waals surface area contributed by atoms with Crippen molar-refractivity contribution in [3.05, 3.63) is 48.2 Å². The molecule has 1 heterocycles. The lowest BCUT2D eigenvalue weighted by Crippen LogP contribution is -2.11. The average Bonchev–Trinajstić information content (AvgIpc) is 2.61. The van der Waals surface area contributed by atoms with Gasteiger partial charge < -0.3 is 11.1 Å². The third-order valence-corrected chi connectivity index (χ3v) is 2.56. The van der Waals surface area contributed by atoms with E-state index in [1.54, 1.807) is 6.20 Å². The Morgan fingerprint density at radius 3 is 3.06 bits per heavy atom. The second-order valence-corrected chi connectivity index (χ2v) is 3.91. The Morgan fingerprint density at radius 2 is 2.22 bits per heavy atom. The van der Waals surface area contributed by atoms with E-state index in [1.807, 2.05) is 49.7 Å². The van der Waals surface area contributed by atoms with Crippen LogP contribution in [0, 0.1) is 0 Å². The number of amidine groups is 1. The van der Waals surface area contributed by atoms with Crippen LogP contribution in [0.25, 0.3) is 0 Å². The molecule has 0 unspecified atom stereocenters. The van der Waals surface area contributed by atoms with Gasteiger partial charge in [0.25, 0.3) is 0 Å². The summed E-state index contributed by atoms with van der Waals surface area (Å²) >= 11 is 0. The van der Waals surface area contributed by atoms with Gasteiger partial charge in [-0.15, -0.1) is 0 Å². The van der Waals surface area contributed by atoms with Crippen molar-refractivity contribution in [2.45, 2.75) is 6.42 Å². The van der Waals surface area contributed by atoms with Crippen LogP contribution in [0.1, 0.15) is 6.42 Å². The van der Waals surface area contributed by atoms with Crippen molar-refractivity contribution in [1.82, 2.24) is 0 Å². The first-order chi connectivity index (χ1) is 8.79. The largest absolute Gasteiger partial charge is 0.387 e. The van der Waals surface area contributed by atoms with Crippen molar-refractivity contribution in [3.63, 3.8) is 0 Å². The second kappa shape index (κ2) is 5.82. The fourth-order valence-corrected chi connectivity index (χ4v) is 1.66. The summed E-state index contributed by atoms with van der Waals surface area (Å²) in [7, 11) is 1.88. The Bertz CT molecular complexity index is 538. The third-order valence-electron chi connectivity index (χ3n) is 2.56. The van der Waals surface area contributed by atoms with Crippen molar-refractivity contribution in [3.8, 4) is 0 Å². The smallest absolute Gasteiger partial charge is 0.103 e. The maximum atomic E-state index is 5.73. The molecule has 4 nitrogen and oxygen atoms in total. The summed E-state index contributed by atoms with van der Waals surface area (Å²) in [5.74, 6) is 0.600. The van der Waals surface area contributed by atoms with Gasteiger partial charge in [-0.25, -0.2) is 4.99 Å². The van der Waals surface area contributed by atoms with Crippen molar-refractivity contribution in [2.75, 3.05) is 12.4 Å². The van der Waals surface area contributed by atoms with Crippen LogP contribution in [-0.2, 0) is 0 Å². The molecule has 0 bridgehead atoms. The first kappa shape index (κ1) is 12.1. The fourth-order valence-electron chi connectivity index (χ4n) is 1.66. The van der Waals surface area contributed by atoms with Gasteiger partial charge in [0.2, 0.25) is 0 Å². The van der Waals surface area contributed by atoms with Crippen LogP contribution in [0.3, 0.4) is 0 Å². The Balaban J connectivity index is 2.18. The number of anilines is 1. The minimum Gasteiger partial charge on any atom is -0.387 e. The van der Waals surface area contributed by atoms with E-state index >= 15 is 0 Å². The molecule has 3 N–H and O–H groups in total. The summed E-state index contributed by atoms with van der Waals surface area (Å²) in [6.07, 6.45) is 7.98. The molecule has 0 spiro atoms. The topological polar surface area (TPSA) is 62.8 Å². The molecule has 4 heteroatoms. The number of nitrogens with one attached hydrogen (secondary N) is 1. The second-order valence-electron chi connectivity index (χ2n) is 3.91. The van der Waals surface area contributed by atoms with E-state index in [4.69, 9.17) is 5.73 Å². The predicted octanol–water partition coefficient (Wildman–Crippen LogP) is 2.63. The van der Waals surface area contributed by atoms with Crippen LogP contribution in [0.4, 0.5) is 11.4 Å². The molecular formula is C14H16N4. The van der Waals surface area contributed by atoms with E-state index < -0.39 is 0 Å². The number of nitrogens with two attached hydrogens (primary N) is 1. The highest BCUT2D eigenvalue weighted by molar-refractivity contribution is 5.93. The number of aliphatic imine (C=N–C) groups is 2. The number of allylic oxidation sites excluding steroid dienone is 2. The molecule has 1 aromatic carbocycles. The summed E-state index contributed by atoms with van der Waals surface area (Å²) in [6, 6.07) is 7.89. The van der Waals surface area contributed by atoms with Gasteiger partial charge in [0, 0.05) is 25.9 Å². The predicted molar refractivity (Wildman–Crippen MR) is 77.6 cm³/mol. The van der Waals surface area contributed by atoms with Crippen molar-refractivity contribution in [2.24, 2.45) is 15.7 Å². The van der Waals surface area contributed by atoms with E-state index in [9.17, 15) is 0 Å². The zero-order valence-corrected chi connectivity index (χ0v) is 10.3. The van der Waals surface area contributed by atoms with Crippen LogP contribution < -0.4 is 11.1 Å². The molecule has 2 rings (SSSR count). The van der Waals surface area contributed by atoms with Gasteiger partial charge in [-0.05, 0) is 23.8 Å². The lowest BCUT2D eigenvalue weighted by molar-refractivity contribution is 1.33. The molecule has 0 radical (unpaired) electrons. The lowest BCUT2D eigenvalue weighted by Gasteiger charge is -2.04. The van der Waals surface area contributed by atoms with Crippen LogP contribution >= 0.6 is 0 Å². The molecule has 0 saturated heterocycles. The molecule has 0 amide bonds. The van der Waals surface area contributed by atoms with Gasteiger partial charge in [-0.2, -0.15) is 0 Å². The summed E-state index contributed by atoms with van der Waals surface area (Å²) < 4.78 is 0. The molecule has 0 aliphatic carbocycles. The molecule has 92 valence electrons. The third kappa shape index (κ3) is 3.07. The van der Waals surface area contributed by atoms with Gasteiger partial charge in [0.15, 0.2) is 0 Å². The highest BCUT2D eigenvalue weighted by Gasteiger charge is 2.01. The van der Waals surface area contributed by atoms with E-state index in [-0.39, 0.29) is 0 Å². The summed E-state index contributed by atoms with van der Waals surface area (Å²) in [6.45, 7) is 0. The standard InChI is InChI=1S/C14H16N4/c1-16-12-6-2-3-7-13(12)18-10-11-5-4-8-17-14(15)9-11/h2-8,10,16H,9H2,1H3,(H2,15,17). The Kier molecular flexibility index (Phi) is 3.91. The van der Waals surface area contributed by atoms with E-state index in [0.717, 1.165) is 16.9 Å². The number of para-hydroxylation sites is 2. The normalized spacial score (nSPS) is 15.2. The molecule has 0 atom stereocenters. The summed E-state index contributed by atoms with van der Waals surface area (Å²) in [4.78, 5) is 8.53. The Morgan fingerprint density at radius 1 is 1.39 bits per heavy atom. The molecule has 0 aromatic heterocycles. The maximum Gasteiger partial charge on any atom is 0.103 e. The van der Waals surface area contributed by atoms with E-state index in [1.165, 1.54) is 0 Å². The number of benzene rings is 1. The number of hydrogen-bond donors (Lipinski definition) is 2. The molecule has 0 saturated carbocycles. The number of rotatable bonds is 3. The van der Waals surface area contributed by atoms with Crippen LogP contribution in [-0.4, -0.2) is 19.1 Å². The minimum atomic E-state index is 0.600. The quantitative estimate of drug-likeness (QED) is 0.798. The Labute approximate surface area is 107 Å². The van der Waals surface area contributed by atoms with Gasteiger partial charge in [-0.3, -0.25) is 4.99 Å². The monoisotopic (exact) mass is 240 g/mol. The SMILES string of the molecule is CNc1ccccc1N=CC1=CC=CN=C(N)C1. The van der Waals surface area contributed by atoms with Gasteiger partial charge in [-0.1, -0.05) is 18.2 Å². The molecule has 1 aliphatic heterocycles. The van der Waals surface area contributed by atoms with Crippen molar-refractivity contribution >= 4 is 23.4 Å². The van der Waals surface area contributed by atoms with Crippen LogP contribution in [0.2, 0.25) is 0 Å². The van der Waals surface area contributed by atoms with E-state index in [2.05, 4.69) is 15.3 Å². The van der Waals surface area contributed by atoms with Crippen molar-refractivity contribution in [1.29, 1.82) is 0 Å². The molecule has 18 heavy (non-hydrogen) atoms. The highest BCUT2D eigenvalue weighted by Crippen LogP contribution is 2.23.